The molecule has 0 aromatic heterocycles. The second kappa shape index (κ2) is 3.01. The third kappa shape index (κ3) is 1.59. The predicted octanol–water partition coefficient (Wildman–Crippen LogP) is 4.43. The lowest BCUT2D eigenvalue weighted by Crippen LogP contribution is -2.31. The number of alkyl halides is 4. The standard InChI is InChI=1S/C5H2Cl6/c6-2-1-4(8,9)5(10,11)3(2)7/h1H2. The third-order valence-electron chi connectivity index (χ3n) is 1.35. The Morgan fingerprint density at radius 3 is 1.55 bits per heavy atom. The van der Waals surface area contributed by atoms with Crippen LogP contribution in [0.1, 0.15) is 6.42 Å². The van der Waals surface area contributed by atoms with Gasteiger partial charge in [-0.15, -0.1) is 0 Å². The van der Waals surface area contributed by atoms with Crippen molar-refractivity contribution in [1.82, 2.24) is 0 Å². The molecule has 0 radical (unpaired) electrons. The second-order valence-corrected chi connectivity index (χ2v) is 5.82. The van der Waals surface area contributed by atoms with Crippen LogP contribution >= 0.6 is 69.6 Å². The number of hydrogen-bond donors (Lipinski definition) is 0. The van der Waals surface area contributed by atoms with Crippen molar-refractivity contribution in [3.05, 3.63) is 10.1 Å². The Morgan fingerprint density at radius 1 is 1.00 bits per heavy atom. The van der Waals surface area contributed by atoms with Crippen molar-refractivity contribution in [2.24, 2.45) is 0 Å². The highest BCUT2D eigenvalue weighted by molar-refractivity contribution is 6.68. The highest BCUT2D eigenvalue weighted by Crippen LogP contribution is 2.58. The Labute approximate surface area is 94.3 Å². The molecule has 1 rings (SSSR count). The number of hydrogen-bond acceptors (Lipinski definition) is 0. The van der Waals surface area contributed by atoms with Gasteiger partial charge in [0.05, 0.1) is 5.03 Å². The van der Waals surface area contributed by atoms with E-state index in [1.807, 2.05) is 0 Å². The monoisotopic (exact) mass is 272 g/mol. The van der Waals surface area contributed by atoms with E-state index in [1.165, 1.54) is 0 Å². The van der Waals surface area contributed by atoms with E-state index in [2.05, 4.69) is 0 Å². The van der Waals surface area contributed by atoms with Crippen molar-refractivity contribution >= 4 is 69.6 Å². The Kier molecular flexibility index (Phi) is 2.89. The summed E-state index contributed by atoms with van der Waals surface area (Å²) in [5, 5.41) is 0.411. The summed E-state index contributed by atoms with van der Waals surface area (Å²) in [6.45, 7) is 0. The van der Waals surface area contributed by atoms with Gasteiger partial charge in [-0.05, 0) is 0 Å². The third-order valence-corrected chi connectivity index (χ3v) is 4.72. The van der Waals surface area contributed by atoms with Crippen LogP contribution in [0.25, 0.3) is 0 Å². The summed E-state index contributed by atoms with van der Waals surface area (Å²) < 4.78 is -2.82. The van der Waals surface area contributed by atoms with Crippen molar-refractivity contribution in [2.75, 3.05) is 0 Å². The summed E-state index contributed by atoms with van der Waals surface area (Å²) in [5.41, 5.74) is 0. The molecule has 0 nitrogen and oxygen atoms in total. The van der Waals surface area contributed by atoms with E-state index in [0.29, 0.717) is 5.03 Å². The Hall–Kier alpha value is 1.48. The minimum absolute atomic E-state index is 0.104. The molecule has 0 aliphatic heterocycles. The summed E-state index contributed by atoms with van der Waals surface area (Å²) in [7, 11) is 0. The molecule has 0 unspecified atom stereocenters. The van der Waals surface area contributed by atoms with E-state index in [1.54, 1.807) is 0 Å². The van der Waals surface area contributed by atoms with Gasteiger partial charge in [0.1, 0.15) is 0 Å². The van der Waals surface area contributed by atoms with Crippen LogP contribution in [0.2, 0.25) is 0 Å². The average Bonchev–Trinajstić information content (AvgIpc) is 1.93. The minimum Gasteiger partial charge on any atom is -0.0974 e. The van der Waals surface area contributed by atoms with E-state index < -0.39 is 8.67 Å². The number of rotatable bonds is 0. The average molecular weight is 275 g/mol. The maximum atomic E-state index is 5.74. The molecule has 1 aliphatic rings. The molecular weight excluding hydrogens is 273 g/mol. The number of halogens is 6. The maximum Gasteiger partial charge on any atom is 0.187 e. The summed E-state index contributed by atoms with van der Waals surface area (Å²) >= 11 is 34.2. The smallest absolute Gasteiger partial charge is 0.0974 e. The second-order valence-electron chi connectivity index (χ2n) is 2.17. The van der Waals surface area contributed by atoms with Gasteiger partial charge in [0, 0.05) is 11.5 Å². The fraction of sp³-hybridized carbons (Fsp3) is 0.600. The molecule has 0 aromatic carbocycles. The first-order valence-electron chi connectivity index (χ1n) is 2.59. The van der Waals surface area contributed by atoms with Crippen molar-refractivity contribution in [1.29, 1.82) is 0 Å². The normalized spacial score (nSPS) is 27.8. The molecule has 0 saturated heterocycles. The molecule has 0 N–H and O–H groups in total. The van der Waals surface area contributed by atoms with Gasteiger partial charge >= 0.3 is 0 Å². The SMILES string of the molecule is ClC1=C(Cl)C(Cl)(Cl)C(Cl)(Cl)C1. The highest BCUT2D eigenvalue weighted by Gasteiger charge is 2.55. The van der Waals surface area contributed by atoms with Gasteiger partial charge in [-0.1, -0.05) is 69.6 Å². The lowest BCUT2D eigenvalue weighted by Gasteiger charge is -2.25. The van der Waals surface area contributed by atoms with E-state index in [4.69, 9.17) is 69.6 Å². The summed E-state index contributed by atoms with van der Waals surface area (Å²) in [6, 6.07) is 0. The Bertz CT molecular complexity index is 215. The zero-order valence-electron chi connectivity index (χ0n) is 4.97. The van der Waals surface area contributed by atoms with Crippen LogP contribution in [0.3, 0.4) is 0 Å². The summed E-state index contributed by atoms with van der Waals surface area (Å²) in [5.74, 6) is 0. The van der Waals surface area contributed by atoms with Gasteiger partial charge in [0.25, 0.3) is 0 Å². The van der Waals surface area contributed by atoms with Crippen LogP contribution in [0.15, 0.2) is 10.1 Å². The lowest BCUT2D eigenvalue weighted by atomic mass is 10.3. The van der Waals surface area contributed by atoms with Crippen LogP contribution in [0.5, 0.6) is 0 Å². The van der Waals surface area contributed by atoms with Crippen LogP contribution in [-0.4, -0.2) is 8.67 Å². The molecule has 0 amide bonds. The zero-order chi connectivity index (χ0) is 8.86. The van der Waals surface area contributed by atoms with Crippen LogP contribution in [0, 0.1) is 0 Å². The van der Waals surface area contributed by atoms with Gasteiger partial charge in [-0.3, -0.25) is 0 Å². The van der Waals surface area contributed by atoms with Gasteiger partial charge in [0.2, 0.25) is 0 Å². The van der Waals surface area contributed by atoms with E-state index in [0.717, 1.165) is 0 Å². The molecule has 11 heavy (non-hydrogen) atoms. The maximum absolute atomic E-state index is 5.74. The summed E-state index contributed by atoms with van der Waals surface area (Å²) in [4.78, 5) is 0. The lowest BCUT2D eigenvalue weighted by molar-refractivity contribution is 0.801. The summed E-state index contributed by atoms with van der Waals surface area (Å²) in [6.07, 6.45) is 0.170. The zero-order valence-corrected chi connectivity index (χ0v) is 9.51. The fourth-order valence-corrected chi connectivity index (χ4v) is 2.43. The molecule has 6 heteroatoms. The van der Waals surface area contributed by atoms with Crippen LogP contribution in [0.4, 0.5) is 0 Å². The van der Waals surface area contributed by atoms with Gasteiger partial charge in [-0.25, -0.2) is 0 Å². The first kappa shape index (κ1) is 10.6. The van der Waals surface area contributed by atoms with Crippen molar-refractivity contribution in [3.63, 3.8) is 0 Å². The van der Waals surface area contributed by atoms with E-state index >= 15 is 0 Å². The van der Waals surface area contributed by atoms with Crippen molar-refractivity contribution in [3.8, 4) is 0 Å². The van der Waals surface area contributed by atoms with E-state index in [9.17, 15) is 0 Å². The molecule has 0 fully saturated rings. The molecule has 0 saturated carbocycles. The molecule has 0 spiro atoms. The van der Waals surface area contributed by atoms with Gasteiger partial charge in [0.15, 0.2) is 8.67 Å². The van der Waals surface area contributed by atoms with Crippen LogP contribution in [-0.2, 0) is 0 Å². The van der Waals surface area contributed by atoms with Crippen LogP contribution < -0.4 is 0 Å². The minimum atomic E-state index is -1.49. The number of allylic oxidation sites excluding steroid dienone is 2. The van der Waals surface area contributed by atoms with Gasteiger partial charge in [-0.2, -0.15) is 0 Å². The molecule has 0 bridgehead atoms. The van der Waals surface area contributed by atoms with Crippen molar-refractivity contribution in [2.45, 2.75) is 15.1 Å². The molecule has 0 aromatic rings. The Balaban J connectivity index is 3.08. The highest BCUT2D eigenvalue weighted by atomic mass is 35.5. The Morgan fingerprint density at radius 2 is 1.45 bits per heavy atom. The molecule has 0 atom stereocenters. The van der Waals surface area contributed by atoms with Crippen molar-refractivity contribution < 1.29 is 0 Å². The largest absolute Gasteiger partial charge is 0.187 e. The predicted molar refractivity (Wildman–Crippen MR) is 52.2 cm³/mol. The molecule has 0 heterocycles. The molecular formula is C5H2Cl6. The topological polar surface area (TPSA) is 0 Å². The quantitative estimate of drug-likeness (QED) is 0.574. The fourth-order valence-electron chi connectivity index (χ4n) is 0.714. The first-order chi connectivity index (χ1) is 4.79. The van der Waals surface area contributed by atoms with Gasteiger partial charge < -0.3 is 0 Å². The van der Waals surface area contributed by atoms with E-state index in [-0.39, 0.29) is 11.5 Å². The molecule has 1 aliphatic carbocycles. The first-order valence-corrected chi connectivity index (χ1v) is 4.86. The molecule has 64 valence electrons.